The molecular weight excluding hydrogens is 349 g/mol. The second kappa shape index (κ2) is 8.81. The lowest BCUT2D eigenvalue weighted by Crippen LogP contribution is -2.31. The highest BCUT2D eigenvalue weighted by Crippen LogP contribution is 2.27. The van der Waals surface area contributed by atoms with Gasteiger partial charge in [0.2, 0.25) is 0 Å². The SMILES string of the molecule is CCOc1cccc(C(C)NC(=O)COc2ccc(Cl)cc2Cl)c1. The van der Waals surface area contributed by atoms with Gasteiger partial charge in [0.25, 0.3) is 5.91 Å². The zero-order chi connectivity index (χ0) is 17.5. The van der Waals surface area contributed by atoms with Gasteiger partial charge in [-0.05, 0) is 49.7 Å². The summed E-state index contributed by atoms with van der Waals surface area (Å²) in [6, 6.07) is 12.3. The zero-order valence-corrected chi connectivity index (χ0v) is 15.0. The molecule has 0 aromatic heterocycles. The molecule has 2 aromatic carbocycles. The third-order valence-corrected chi connectivity index (χ3v) is 3.83. The molecule has 1 atom stereocenters. The molecule has 0 bridgehead atoms. The van der Waals surface area contributed by atoms with Crippen molar-refractivity contribution >= 4 is 29.1 Å². The van der Waals surface area contributed by atoms with Crippen LogP contribution in [0.15, 0.2) is 42.5 Å². The molecule has 4 nitrogen and oxygen atoms in total. The highest BCUT2D eigenvalue weighted by molar-refractivity contribution is 6.35. The molecule has 0 heterocycles. The Morgan fingerprint density at radius 3 is 2.67 bits per heavy atom. The fourth-order valence-electron chi connectivity index (χ4n) is 2.14. The van der Waals surface area contributed by atoms with Gasteiger partial charge >= 0.3 is 0 Å². The van der Waals surface area contributed by atoms with E-state index in [-0.39, 0.29) is 18.6 Å². The molecule has 0 aliphatic carbocycles. The van der Waals surface area contributed by atoms with E-state index < -0.39 is 0 Å². The van der Waals surface area contributed by atoms with E-state index >= 15 is 0 Å². The zero-order valence-electron chi connectivity index (χ0n) is 13.5. The van der Waals surface area contributed by atoms with Gasteiger partial charge in [-0.25, -0.2) is 0 Å². The maximum absolute atomic E-state index is 12.1. The second-order valence-electron chi connectivity index (χ2n) is 5.16. The average Bonchev–Trinajstić information content (AvgIpc) is 2.54. The van der Waals surface area contributed by atoms with Crippen LogP contribution in [-0.2, 0) is 4.79 Å². The van der Waals surface area contributed by atoms with Gasteiger partial charge in [-0.2, -0.15) is 0 Å². The van der Waals surface area contributed by atoms with E-state index in [2.05, 4.69) is 5.32 Å². The Kier molecular flexibility index (Phi) is 6.76. The van der Waals surface area contributed by atoms with Crippen molar-refractivity contribution in [2.24, 2.45) is 0 Å². The first-order chi connectivity index (χ1) is 11.5. The Labute approximate surface area is 151 Å². The average molecular weight is 368 g/mol. The van der Waals surface area contributed by atoms with E-state index in [1.165, 1.54) is 0 Å². The third kappa shape index (κ3) is 5.32. The normalized spacial score (nSPS) is 11.7. The molecule has 0 saturated heterocycles. The molecule has 2 rings (SSSR count). The first kappa shape index (κ1) is 18.4. The Bertz CT molecular complexity index is 706. The number of amides is 1. The van der Waals surface area contributed by atoms with E-state index in [1.807, 2.05) is 38.1 Å². The van der Waals surface area contributed by atoms with Crippen molar-refractivity contribution in [2.75, 3.05) is 13.2 Å². The summed E-state index contributed by atoms with van der Waals surface area (Å²) in [5.41, 5.74) is 0.957. The smallest absolute Gasteiger partial charge is 0.258 e. The van der Waals surface area contributed by atoms with Gasteiger partial charge in [0, 0.05) is 5.02 Å². The van der Waals surface area contributed by atoms with Crippen LogP contribution in [0.1, 0.15) is 25.5 Å². The van der Waals surface area contributed by atoms with Crippen LogP contribution in [0.2, 0.25) is 10.0 Å². The summed E-state index contributed by atoms with van der Waals surface area (Å²) < 4.78 is 10.9. The summed E-state index contributed by atoms with van der Waals surface area (Å²) in [4.78, 5) is 12.1. The Morgan fingerprint density at radius 2 is 1.96 bits per heavy atom. The quantitative estimate of drug-likeness (QED) is 0.774. The molecule has 0 aliphatic rings. The van der Waals surface area contributed by atoms with E-state index in [9.17, 15) is 4.79 Å². The van der Waals surface area contributed by atoms with Crippen molar-refractivity contribution in [3.63, 3.8) is 0 Å². The monoisotopic (exact) mass is 367 g/mol. The minimum absolute atomic E-state index is 0.128. The summed E-state index contributed by atoms with van der Waals surface area (Å²) in [5, 5.41) is 3.76. The highest BCUT2D eigenvalue weighted by atomic mass is 35.5. The molecular formula is C18H19Cl2NO3. The largest absolute Gasteiger partial charge is 0.494 e. The van der Waals surface area contributed by atoms with E-state index in [1.54, 1.807) is 18.2 Å². The topological polar surface area (TPSA) is 47.6 Å². The van der Waals surface area contributed by atoms with Gasteiger partial charge in [-0.3, -0.25) is 4.79 Å². The summed E-state index contributed by atoms with van der Waals surface area (Å²) in [6.07, 6.45) is 0. The summed E-state index contributed by atoms with van der Waals surface area (Å²) in [6.45, 7) is 4.30. The van der Waals surface area contributed by atoms with Crippen LogP contribution in [-0.4, -0.2) is 19.1 Å². The standard InChI is InChI=1S/C18H19Cl2NO3/c1-3-23-15-6-4-5-13(9-15)12(2)21-18(22)11-24-17-8-7-14(19)10-16(17)20/h4-10,12H,3,11H2,1-2H3,(H,21,22). The second-order valence-corrected chi connectivity index (χ2v) is 6.00. The summed E-state index contributed by atoms with van der Waals surface area (Å²) in [5.74, 6) is 0.956. The first-order valence-corrected chi connectivity index (χ1v) is 8.35. The molecule has 1 N–H and O–H groups in total. The number of nitrogens with one attached hydrogen (secondary N) is 1. The number of hydrogen-bond acceptors (Lipinski definition) is 3. The van der Waals surface area contributed by atoms with Crippen molar-refractivity contribution in [2.45, 2.75) is 19.9 Å². The molecule has 0 radical (unpaired) electrons. The van der Waals surface area contributed by atoms with Crippen LogP contribution < -0.4 is 14.8 Å². The van der Waals surface area contributed by atoms with Crippen LogP contribution in [0.25, 0.3) is 0 Å². The van der Waals surface area contributed by atoms with Crippen LogP contribution in [0.5, 0.6) is 11.5 Å². The molecule has 0 saturated carbocycles. The molecule has 128 valence electrons. The number of carbonyl (C=O) groups excluding carboxylic acids is 1. The highest BCUT2D eigenvalue weighted by Gasteiger charge is 2.12. The van der Waals surface area contributed by atoms with E-state index in [0.717, 1.165) is 11.3 Å². The lowest BCUT2D eigenvalue weighted by atomic mass is 10.1. The van der Waals surface area contributed by atoms with Crippen LogP contribution >= 0.6 is 23.2 Å². The summed E-state index contributed by atoms with van der Waals surface area (Å²) >= 11 is 11.8. The lowest BCUT2D eigenvalue weighted by Gasteiger charge is -2.16. The van der Waals surface area contributed by atoms with E-state index in [0.29, 0.717) is 22.4 Å². The fraction of sp³-hybridized carbons (Fsp3) is 0.278. The molecule has 0 fully saturated rings. The number of benzene rings is 2. The Hall–Kier alpha value is -1.91. The van der Waals surface area contributed by atoms with Gasteiger partial charge in [-0.15, -0.1) is 0 Å². The Morgan fingerprint density at radius 1 is 1.17 bits per heavy atom. The molecule has 24 heavy (non-hydrogen) atoms. The van der Waals surface area contributed by atoms with Gasteiger partial charge in [0.15, 0.2) is 6.61 Å². The predicted octanol–water partition coefficient (Wildman–Crippen LogP) is 4.65. The number of rotatable bonds is 7. The van der Waals surface area contributed by atoms with Gasteiger partial charge in [0.05, 0.1) is 17.7 Å². The fourth-order valence-corrected chi connectivity index (χ4v) is 2.61. The van der Waals surface area contributed by atoms with Crippen molar-refractivity contribution in [1.29, 1.82) is 0 Å². The lowest BCUT2D eigenvalue weighted by molar-refractivity contribution is -0.123. The molecule has 1 unspecified atom stereocenters. The number of halogens is 2. The Balaban J connectivity index is 1.90. The third-order valence-electron chi connectivity index (χ3n) is 3.30. The van der Waals surface area contributed by atoms with Crippen LogP contribution in [0, 0.1) is 0 Å². The number of hydrogen-bond donors (Lipinski definition) is 1. The molecule has 2 aromatic rings. The number of ether oxygens (including phenoxy) is 2. The molecule has 0 spiro atoms. The molecule has 6 heteroatoms. The summed E-state index contributed by atoms with van der Waals surface area (Å²) in [7, 11) is 0. The van der Waals surface area contributed by atoms with Crippen LogP contribution in [0.4, 0.5) is 0 Å². The van der Waals surface area contributed by atoms with Crippen molar-refractivity contribution < 1.29 is 14.3 Å². The van der Waals surface area contributed by atoms with Crippen LogP contribution in [0.3, 0.4) is 0 Å². The predicted molar refractivity (Wildman–Crippen MR) is 96.1 cm³/mol. The maximum Gasteiger partial charge on any atom is 0.258 e. The van der Waals surface area contributed by atoms with Gasteiger partial charge in [-0.1, -0.05) is 35.3 Å². The van der Waals surface area contributed by atoms with Gasteiger partial charge < -0.3 is 14.8 Å². The van der Waals surface area contributed by atoms with Crippen molar-refractivity contribution in [3.05, 3.63) is 58.1 Å². The van der Waals surface area contributed by atoms with E-state index in [4.69, 9.17) is 32.7 Å². The number of carbonyl (C=O) groups is 1. The first-order valence-electron chi connectivity index (χ1n) is 7.59. The molecule has 1 amide bonds. The minimum atomic E-state index is -0.240. The molecule has 0 aliphatic heterocycles. The van der Waals surface area contributed by atoms with Gasteiger partial charge in [0.1, 0.15) is 11.5 Å². The van der Waals surface area contributed by atoms with Crippen molar-refractivity contribution in [1.82, 2.24) is 5.32 Å². The van der Waals surface area contributed by atoms with Crippen molar-refractivity contribution in [3.8, 4) is 11.5 Å². The maximum atomic E-state index is 12.1. The minimum Gasteiger partial charge on any atom is -0.494 e.